The highest BCUT2D eigenvalue weighted by Crippen LogP contribution is 2.22. The fraction of sp³-hybridized carbons (Fsp3) is 0.308. The number of aromatic nitrogens is 1. The fourth-order valence-electron chi connectivity index (χ4n) is 1.67. The van der Waals surface area contributed by atoms with Crippen LogP contribution in [0.15, 0.2) is 24.3 Å². The summed E-state index contributed by atoms with van der Waals surface area (Å²) in [7, 11) is 0. The van der Waals surface area contributed by atoms with Crippen molar-refractivity contribution in [2.24, 2.45) is 5.73 Å². The fourth-order valence-corrected chi connectivity index (χ4v) is 3.23. The monoisotopic (exact) mass is 358 g/mol. The molecule has 0 fully saturated rings. The van der Waals surface area contributed by atoms with Crippen LogP contribution in [0.2, 0.25) is 0 Å². The summed E-state index contributed by atoms with van der Waals surface area (Å²) in [5, 5.41) is 1.13. The van der Waals surface area contributed by atoms with Crippen molar-refractivity contribution in [3.63, 3.8) is 0 Å². The van der Waals surface area contributed by atoms with Crippen LogP contribution in [0.3, 0.4) is 0 Å². The van der Waals surface area contributed by atoms with Gasteiger partial charge in [0.1, 0.15) is 0 Å². The van der Waals surface area contributed by atoms with Crippen LogP contribution in [-0.2, 0) is 6.42 Å². The van der Waals surface area contributed by atoms with Gasteiger partial charge in [-0.25, -0.2) is 4.98 Å². The van der Waals surface area contributed by atoms with Crippen molar-refractivity contribution in [2.45, 2.75) is 26.3 Å². The zero-order valence-electron chi connectivity index (χ0n) is 9.90. The molecule has 1 aromatic heterocycles. The molecule has 1 heterocycles. The lowest BCUT2D eigenvalue weighted by atomic mass is 10.1. The molecule has 1 atom stereocenters. The summed E-state index contributed by atoms with van der Waals surface area (Å²) in [6.45, 7) is 4.15. The van der Waals surface area contributed by atoms with Gasteiger partial charge < -0.3 is 5.73 Å². The highest BCUT2D eigenvalue weighted by atomic mass is 127. The summed E-state index contributed by atoms with van der Waals surface area (Å²) in [5.74, 6) is 0. The maximum Gasteiger partial charge on any atom is 0.0949 e. The van der Waals surface area contributed by atoms with Gasteiger partial charge in [-0.15, -0.1) is 11.3 Å². The number of halogens is 1. The van der Waals surface area contributed by atoms with Gasteiger partial charge in [-0.2, -0.15) is 0 Å². The first kappa shape index (κ1) is 13.0. The van der Waals surface area contributed by atoms with E-state index in [1.807, 2.05) is 6.92 Å². The molecule has 2 nitrogen and oxygen atoms in total. The average Bonchev–Trinajstić information content (AvgIpc) is 2.58. The summed E-state index contributed by atoms with van der Waals surface area (Å²) < 4.78 is 1.22. The summed E-state index contributed by atoms with van der Waals surface area (Å²) in [4.78, 5) is 5.82. The standard InChI is InChI=1S/C13H15IN2S/c1-8-9(2)17-13(16-8)7-12(15)10-4-3-5-11(14)6-10/h3-6,12H,7,15H2,1-2H3. The molecule has 2 rings (SSSR count). The molecule has 0 saturated carbocycles. The van der Waals surface area contributed by atoms with Crippen LogP contribution in [-0.4, -0.2) is 4.98 Å². The van der Waals surface area contributed by atoms with E-state index in [4.69, 9.17) is 5.73 Å². The lowest BCUT2D eigenvalue weighted by Gasteiger charge is -2.10. The molecule has 0 amide bonds. The van der Waals surface area contributed by atoms with E-state index in [-0.39, 0.29) is 6.04 Å². The summed E-state index contributed by atoms with van der Waals surface area (Å²) in [6.07, 6.45) is 0.819. The molecular formula is C13H15IN2S. The quantitative estimate of drug-likeness (QED) is 0.852. The third-order valence-electron chi connectivity index (χ3n) is 2.74. The van der Waals surface area contributed by atoms with Crippen LogP contribution in [0.5, 0.6) is 0 Å². The molecule has 0 aliphatic rings. The maximum absolute atomic E-state index is 6.22. The highest BCUT2D eigenvalue weighted by molar-refractivity contribution is 14.1. The van der Waals surface area contributed by atoms with E-state index in [2.05, 4.69) is 58.8 Å². The van der Waals surface area contributed by atoms with Crippen molar-refractivity contribution in [2.75, 3.05) is 0 Å². The number of nitrogens with zero attached hydrogens (tertiary/aromatic N) is 1. The van der Waals surface area contributed by atoms with E-state index in [0.29, 0.717) is 0 Å². The predicted molar refractivity (Wildman–Crippen MR) is 81.4 cm³/mol. The SMILES string of the molecule is Cc1nc(CC(N)c2cccc(I)c2)sc1C. The number of aryl methyl sites for hydroxylation is 2. The van der Waals surface area contributed by atoms with E-state index < -0.39 is 0 Å². The van der Waals surface area contributed by atoms with Crippen LogP contribution in [0.1, 0.15) is 27.2 Å². The molecule has 0 saturated heterocycles. The van der Waals surface area contributed by atoms with Gasteiger partial charge in [0.15, 0.2) is 0 Å². The van der Waals surface area contributed by atoms with Crippen molar-refractivity contribution >= 4 is 33.9 Å². The normalized spacial score (nSPS) is 12.7. The summed E-state index contributed by atoms with van der Waals surface area (Å²) in [5.41, 5.74) is 8.53. The third kappa shape index (κ3) is 3.26. The van der Waals surface area contributed by atoms with Crippen molar-refractivity contribution < 1.29 is 0 Å². The Labute approximate surface area is 119 Å². The molecule has 2 aromatic rings. The molecule has 90 valence electrons. The summed E-state index contributed by atoms with van der Waals surface area (Å²) in [6, 6.07) is 8.39. The highest BCUT2D eigenvalue weighted by Gasteiger charge is 2.11. The smallest absolute Gasteiger partial charge is 0.0949 e. The van der Waals surface area contributed by atoms with E-state index in [1.54, 1.807) is 11.3 Å². The second kappa shape index (κ2) is 5.46. The number of benzene rings is 1. The molecule has 1 unspecified atom stereocenters. The van der Waals surface area contributed by atoms with Crippen LogP contribution in [0, 0.1) is 17.4 Å². The number of thiazole rings is 1. The first-order valence-electron chi connectivity index (χ1n) is 5.50. The zero-order chi connectivity index (χ0) is 12.4. The first-order chi connectivity index (χ1) is 8.06. The van der Waals surface area contributed by atoms with Gasteiger partial charge in [0.2, 0.25) is 0 Å². The van der Waals surface area contributed by atoms with E-state index in [0.717, 1.165) is 17.1 Å². The van der Waals surface area contributed by atoms with Gasteiger partial charge in [-0.1, -0.05) is 12.1 Å². The number of nitrogens with two attached hydrogens (primary N) is 1. The molecule has 1 aromatic carbocycles. The minimum Gasteiger partial charge on any atom is -0.324 e. The largest absolute Gasteiger partial charge is 0.324 e. The van der Waals surface area contributed by atoms with Crippen molar-refractivity contribution in [3.05, 3.63) is 49.0 Å². The predicted octanol–water partition coefficient (Wildman–Crippen LogP) is 3.61. The Morgan fingerprint density at radius 2 is 2.18 bits per heavy atom. The second-order valence-corrected chi connectivity index (χ2v) is 6.65. The van der Waals surface area contributed by atoms with Crippen LogP contribution < -0.4 is 5.73 Å². The van der Waals surface area contributed by atoms with Crippen LogP contribution in [0.4, 0.5) is 0 Å². The molecule has 0 radical (unpaired) electrons. The molecule has 0 aliphatic carbocycles. The van der Waals surface area contributed by atoms with Gasteiger partial charge in [0.05, 0.1) is 10.7 Å². The molecule has 0 spiro atoms. The molecular weight excluding hydrogens is 343 g/mol. The molecule has 0 aliphatic heterocycles. The molecule has 4 heteroatoms. The lowest BCUT2D eigenvalue weighted by molar-refractivity contribution is 0.716. The number of rotatable bonds is 3. The maximum atomic E-state index is 6.22. The minimum absolute atomic E-state index is 0.0367. The van der Waals surface area contributed by atoms with Crippen LogP contribution >= 0.6 is 33.9 Å². The number of hydrogen-bond acceptors (Lipinski definition) is 3. The van der Waals surface area contributed by atoms with Crippen molar-refractivity contribution in [3.8, 4) is 0 Å². The molecule has 2 N–H and O–H groups in total. The minimum atomic E-state index is 0.0367. The average molecular weight is 358 g/mol. The Balaban J connectivity index is 2.14. The second-order valence-electron chi connectivity index (χ2n) is 4.11. The van der Waals surface area contributed by atoms with E-state index >= 15 is 0 Å². The molecule has 17 heavy (non-hydrogen) atoms. The van der Waals surface area contributed by atoms with Gasteiger partial charge in [-0.05, 0) is 54.1 Å². The zero-order valence-corrected chi connectivity index (χ0v) is 12.9. The first-order valence-corrected chi connectivity index (χ1v) is 7.39. The summed E-state index contributed by atoms with van der Waals surface area (Å²) >= 11 is 4.06. The van der Waals surface area contributed by atoms with Crippen molar-refractivity contribution in [1.29, 1.82) is 0 Å². The number of hydrogen-bond donors (Lipinski definition) is 1. The van der Waals surface area contributed by atoms with Gasteiger partial charge in [-0.3, -0.25) is 0 Å². The van der Waals surface area contributed by atoms with Gasteiger partial charge >= 0.3 is 0 Å². The van der Waals surface area contributed by atoms with Crippen molar-refractivity contribution in [1.82, 2.24) is 4.98 Å². The van der Waals surface area contributed by atoms with Crippen LogP contribution in [0.25, 0.3) is 0 Å². The Morgan fingerprint density at radius 3 is 2.76 bits per heavy atom. The third-order valence-corrected chi connectivity index (χ3v) is 4.51. The van der Waals surface area contributed by atoms with Gasteiger partial charge in [0, 0.05) is 20.9 Å². The Hall–Kier alpha value is -0.460. The van der Waals surface area contributed by atoms with E-state index in [1.165, 1.54) is 14.0 Å². The Morgan fingerprint density at radius 1 is 1.41 bits per heavy atom. The Kier molecular flexibility index (Phi) is 4.17. The van der Waals surface area contributed by atoms with E-state index in [9.17, 15) is 0 Å². The lowest BCUT2D eigenvalue weighted by Crippen LogP contribution is -2.13. The van der Waals surface area contributed by atoms with Gasteiger partial charge in [0.25, 0.3) is 0 Å². The molecule has 0 bridgehead atoms. The topological polar surface area (TPSA) is 38.9 Å². The Bertz CT molecular complexity index is 502.